The van der Waals surface area contributed by atoms with E-state index in [-0.39, 0.29) is 24.1 Å². The van der Waals surface area contributed by atoms with Gasteiger partial charge in [0.25, 0.3) is 0 Å². The average molecular weight is 350 g/mol. The van der Waals surface area contributed by atoms with Gasteiger partial charge in [0.15, 0.2) is 5.82 Å². The molecule has 0 saturated carbocycles. The van der Waals surface area contributed by atoms with Crippen molar-refractivity contribution >= 4 is 23.4 Å². The molecule has 0 radical (unpaired) electrons. The van der Waals surface area contributed by atoms with Crippen LogP contribution in [0.25, 0.3) is 11.0 Å². The molecule has 24 heavy (non-hydrogen) atoms. The summed E-state index contributed by atoms with van der Waals surface area (Å²) >= 11 is 0. The van der Waals surface area contributed by atoms with Crippen molar-refractivity contribution < 1.29 is 9.15 Å². The van der Waals surface area contributed by atoms with Gasteiger partial charge in [-0.25, -0.2) is 14.5 Å². The van der Waals surface area contributed by atoms with E-state index in [1.54, 1.807) is 13.0 Å². The normalized spacial score (nSPS) is 10.9. The summed E-state index contributed by atoms with van der Waals surface area (Å²) in [6.45, 7) is 8.06. The first kappa shape index (κ1) is 18.0. The number of rotatable bonds is 4. The molecule has 0 aliphatic carbocycles. The Morgan fingerprint density at radius 2 is 2.00 bits per heavy atom. The first-order valence-electron chi connectivity index (χ1n) is 7.52. The Kier molecular flexibility index (Phi) is 5.29. The summed E-state index contributed by atoms with van der Waals surface area (Å²) in [4.78, 5) is 16.0. The van der Waals surface area contributed by atoms with E-state index in [0.29, 0.717) is 23.5 Å². The van der Waals surface area contributed by atoms with Crippen LogP contribution in [0.1, 0.15) is 36.8 Å². The minimum atomic E-state index is -0.313. The topological polar surface area (TPSA) is 70.2 Å². The second kappa shape index (κ2) is 7.05. The van der Waals surface area contributed by atoms with Crippen molar-refractivity contribution in [3.8, 4) is 5.75 Å². The van der Waals surface area contributed by atoms with Gasteiger partial charge in [-0.05, 0) is 45.4 Å². The highest BCUT2D eigenvalue weighted by Crippen LogP contribution is 2.24. The van der Waals surface area contributed by atoms with Crippen LogP contribution >= 0.6 is 12.4 Å². The lowest BCUT2D eigenvalue weighted by molar-refractivity contribution is 0.282. The molecular formula is C17H20ClN3O3. The Bertz CT molecular complexity index is 915. The summed E-state index contributed by atoms with van der Waals surface area (Å²) in [5.74, 6) is 1.38. The van der Waals surface area contributed by atoms with Crippen molar-refractivity contribution in [3.63, 3.8) is 0 Å². The van der Waals surface area contributed by atoms with Crippen LogP contribution in [0, 0.1) is 13.8 Å². The zero-order chi connectivity index (χ0) is 16.6. The number of halogens is 1. The molecule has 0 atom stereocenters. The van der Waals surface area contributed by atoms with E-state index in [1.165, 1.54) is 6.33 Å². The SMILES string of the molecule is Cc1c(C)c2ccc(OCc3ncnn3C(C)C)cc2oc1=O.Cl. The summed E-state index contributed by atoms with van der Waals surface area (Å²) in [7, 11) is 0. The van der Waals surface area contributed by atoms with Gasteiger partial charge in [0.2, 0.25) is 0 Å². The lowest BCUT2D eigenvalue weighted by Crippen LogP contribution is -2.10. The third-order valence-corrected chi connectivity index (χ3v) is 3.93. The fourth-order valence-electron chi connectivity index (χ4n) is 2.47. The van der Waals surface area contributed by atoms with Crippen molar-refractivity contribution in [2.45, 2.75) is 40.3 Å². The van der Waals surface area contributed by atoms with Gasteiger partial charge in [0.1, 0.15) is 24.3 Å². The van der Waals surface area contributed by atoms with Gasteiger partial charge >= 0.3 is 5.63 Å². The fourth-order valence-corrected chi connectivity index (χ4v) is 2.47. The Morgan fingerprint density at radius 1 is 1.25 bits per heavy atom. The first-order valence-corrected chi connectivity index (χ1v) is 7.52. The molecule has 0 spiro atoms. The molecule has 0 fully saturated rings. The van der Waals surface area contributed by atoms with Crippen LogP contribution in [0.5, 0.6) is 5.75 Å². The van der Waals surface area contributed by atoms with Crippen LogP contribution in [-0.2, 0) is 6.61 Å². The van der Waals surface area contributed by atoms with Gasteiger partial charge in [-0.3, -0.25) is 0 Å². The molecule has 0 amide bonds. The van der Waals surface area contributed by atoms with Crippen LogP contribution in [0.15, 0.2) is 33.7 Å². The lowest BCUT2D eigenvalue weighted by Gasteiger charge is -2.11. The van der Waals surface area contributed by atoms with E-state index in [1.807, 2.05) is 37.6 Å². The average Bonchev–Trinajstić information content (AvgIpc) is 2.99. The smallest absolute Gasteiger partial charge is 0.339 e. The number of aromatic nitrogens is 3. The number of hydrogen-bond donors (Lipinski definition) is 0. The second-order valence-corrected chi connectivity index (χ2v) is 5.80. The standard InChI is InChI=1S/C17H19N3O3.ClH/c1-10(2)20-16(18-9-19-20)8-22-13-5-6-14-11(3)12(4)17(21)23-15(14)7-13;/h5-7,9-10H,8H2,1-4H3;1H. The molecule has 0 saturated heterocycles. The second-order valence-electron chi connectivity index (χ2n) is 5.80. The molecule has 3 rings (SSSR count). The van der Waals surface area contributed by atoms with Crippen LogP contribution in [0.3, 0.4) is 0 Å². The first-order chi connectivity index (χ1) is 11.0. The van der Waals surface area contributed by atoms with Crippen LogP contribution in [-0.4, -0.2) is 14.8 Å². The van der Waals surface area contributed by atoms with Crippen LogP contribution in [0.2, 0.25) is 0 Å². The van der Waals surface area contributed by atoms with Gasteiger partial charge in [0.05, 0.1) is 0 Å². The van der Waals surface area contributed by atoms with E-state index in [9.17, 15) is 4.79 Å². The number of nitrogens with zero attached hydrogens (tertiary/aromatic N) is 3. The van der Waals surface area contributed by atoms with Crippen molar-refractivity contribution in [1.29, 1.82) is 0 Å². The van der Waals surface area contributed by atoms with Gasteiger partial charge < -0.3 is 9.15 Å². The Morgan fingerprint density at radius 3 is 2.71 bits per heavy atom. The maximum atomic E-state index is 11.8. The molecule has 2 aromatic heterocycles. The van der Waals surface area contributed by atoms with Crippen molar-refractivity contribution in [2.24, 2.45) is 0 Å². The highest BCUT2D eigenvalue weighted by atomic mass is 35.5. The summed E-state index contributed by atoms with van der Waals surface area (Å²) < 4.78 is 12.9. The maximum Gasteiger partial charge on any atom is 0.339 e. The van der Waals surface area contributed by atoms with E-state index < -0.39 is 0 Å². The molecule has 1 aromatic carbocycles. The van der Waals surface area contributed by atoms with Crippen LogP contribution in [0.4, 0.5) is 0 Å². The van der Waals surface area contributed by atoms with Crippen LogP contribution < -0.4 is 10.4 Å². The lowest BCUT2D eigenvalue weighted by atomic mass is 10.1. The van der Waals surface area contributed by atoms with E-state index >= 15 is 0 Å². The van der Waals surface area contributed by atoms with Gasteiger partial charge in [-0.2, -0.15) is 5.10 Å². The highest BCUT2D eigenvalue weighted by molar-refractivity contribution is 5.85. The third-order valence-electron chi connectivity index (χ3n) is 3.93. The van der Waals surface area contributed by atoms with E-state index in [2.05, 4.69) is 10.1 Å². The largest absolute Gasteiger partial charge is 0.485 e. The number of benzene rings is 1. The molecular weight excluding hydrogens is 330 g/mol. The monoisotopic (exact) mass is 349 g/mol. The van der Waals surface area contributed by atoms with Gasteiger partial charge in [0, 0.05) is 23.1 Å². The number of ether oxygens (including phenoxy) is 1. The summed E-state index contributed by atoms with van der Waals surface area (Å²) in [6, 6.07) is 5.73. The highest BCUT2D eigenvalue weighted by Gasteiger charge is 2.11. The predicted octanol–water partition coefficient (Wildman–Crippen LogP) is 3.58. The molecule has 0 bridgehead atoms. The molecule has 6 nitrogen and oxygen atoms in total. The number of aryl methyl sites for hydroxylation is 1. The van der Waals surface area contributed by atoms with Gasteiger partial charge in [-0.1, -0.05) is 0 Å². The number of fused-ring (bicyclic) bond motifs is 1. The minimum Gasteiger partial charge on any atom is -0.485 e. The molecule has 2 heterocycles. The van der Waals surface area contributed by atoms with E-state index in [4.69, 9.17) is 9.15 Å². The molecule has 128 valence electrons. The summed E-state index contributed by atoms with van der Waals surface area (Å²) in [5.41, 5.74) is 1.78. The Labute approximate surface area is 145 Å². The minimum absolute atomic E-state index is 0. The zero-order valence-corrected chi connectivity index (χ0v) is 14.9. The van der Waals surface area contributed by atoms with E-state index in [0.717, 1.165) is 16.8 Å². The number of hydrogen-bond acceptors (Lipinski definition) is 5. The van der Waals surface area contributed by atoms with Crippen molar-refractivity contribution in [2.75, 3.05) is 0 Å². The molecule has 0 aliphatic heterocycles. The molecule has 0 unspecified atom stereocenters. The summed E-state index contributed by atoms with van der Waals surface area (Å²) in [5, 5.41) is 5.09. The fraction of sp³-hybridized carbons (Fsp3) is 0.353. The Balaban J connectivity index is 0.00000208. The van der Waals surface area contributed by atoms with Gasteiger partial charge in [-0.15, -0.1) is 12.4 Å². The molecule has 0 aliphatic rings. The van der Waals surface area contributed by atoms with Crippen molar-refractivity contribution in [1.82, 2.24) is 14.8 Å². The zero-order valence-electron chi connectivity index (χ0n) is 14.1. The summed E-state index contributed by atoms with van der Waals surface area (Å²) in [6.07, 6.45) is 1.52. The maximum absolute atomic E-state index is 11.8. The third kappa shape index (κ3) is 3.28. The molecule has 3 aromatic rings. The quantitative estimate of drug-likeness (QED) is 0.673. The van der Waals surface area contributed by atoms with Crippen molar-refractivity contribution in [3.05, 3.63) is 51.9 Å². The Hall–Kier alpha value is -2.34. The predicted molar refractivity (Wildman–Crippen MR) is 93.9 cm³/mol. The molecule has 0 N–H and O–H groups in total. The molecule has 7 heteroatoms.